The predicted octanol–water partition coefficient (Wildman–Crippen LogP) is 4.24. The van der Waals surface area contributed by atoms with E-state index in [-0.39, 0.29) is 0 Å². The van der Waals surface area contributed by atoms with Gasteiger partial charge in [-0.15, -0.1) is 0 Å². The van der Waals surface area contributed by atoms with Gasteiger partial charge in [-0.3, -0.25) is 9.59 Å². The lowest BCUT2D eigenvalue weighted by Crippen LogP contribution is -2.25. The van der Waals surface area contributed by atoms with Crippen molar-refractivity contribution in [2.45, 2.75) is 26.7 Å². The van der Waals surface area contributed by atoms with Crippen molar-refractivity contribution in [1.82, 2.24) is 0 Å². The molecule has 2 rings (SSSR count). The van der Waals surface area contributed by atoms with Crippen LogP contribution in [0.2, 0.25) is 0 Å². The summed E-state index contributed by atoms with van der Waals surface area (Å²) in [6.07, 6.45) is 11.9. The van der Waals surface area contributed by atoms with Gasteiger partial charge in [0.05, 0.1) is 10.8 Å². The summed E-state index contributed by atoms with van der Waals surface area (Å²) >= 11 is 0. The largest absolute Gasteiger partial charge is 0.481 e. The van der Waals surface area contributed by atoms with Gasteiger partial charge in [0, 0.05) is 9.81 Å². The topological polar surface area (TPSA) is 74.6 Å². The maximum Gasteiger partial charge on any atom is 0.313 e. The lowest BCUT2D eigenvalue weighted by atomic mass is 9.84. The minimum atomic E-state index is -0.817. The van der Waals surface area contributed by atoms with Crippen LogP contribution in [0.4, 0.5) is 0 Å². The molecule has 0 saturated carbocycles. The van der Waals surface area contributed by atoms with Crippen LogP contribution in [0.15, 0.2) is 46.3 Å². The summed E-state index contributed by atoms with van der Waals surface area (Å²) < 4.78 is 0. The molecule has 4 nitrogen and oxygen atoms in total. The highest BCUT2D eigenvalue weighted by Crippen LogP contribution is 2.44. The Morgan fingerprint density at radius 1 is 0.909 bits per heavy atom. The summed E-state index contributed by atoms with van der Waals surface area (Å²) in [5.74, 6) is -1.63. The van der Waals surface area contributed by atoms with E-state index in [4.69, 9.17) is 10.2 Å². The predicted molar refractivity (Wildman–Crippen MR) is 90.3 cm³/mol. The normalized spacial score (nSPS) is 30.6. The van der Waals surface area contributed by atoms with Crippen LogP contribution in [0.25, 0.3) is 0 Å². The zero-order chi connectivity index (χ0) is 16.4. The van der Waals surface area contributed by atoms with E-state index in [1.54, 1.807) is 47.6 Å². The number of hydrogen-bond acceptors (Lipinski definition) is 4. The first-order chi connectivity index (χ1) is 10.3. The molecule has 2 atom stereocenters. The van der Waals surface area contributed by atoms with Crippen LogP contribution in [0.5, 0.6) is 0 Å². The van der Waals surface area contributed by atoms with Crippen molar-refractivity contribution in [3.8, 4) is 0 Å². The number of carbonyl (C=O) groups is 2. The van der Waals surface area contributed by atoms with Crippen LogP contribution in [-0.4, -0.2) is 22.2 Å². The number of carboxylic acid groups (broad SMARTS) is 2. The molecule has 0 fully saturated rings. The molecule has 0 aromatic heterocycles. The van der Waals surface area contributed by atoms with Crippen molar-refractivity contribution in [3.63, 3.8) is 0 Å². The molecule has 0 aromatic rings. The second-order valence-electron chi connectivity index (χ2n) is 5.90. The molecule has 2 N–H and O–H groups in total. The molecule has 0 aromatic carbocycles. The highest BCUT2D eigenvalue weighted by Gasteiger charge is 2.32. The van der Waals surface area contributed by atoms with Gasteiger partial charge in [0.15, 0.2) is 0 Å². The number of rotatable bonds is 5. The molecule has 22 heavy (non-hydrogen) atoms. The second kappa shape index (κ2) is 6.38. The number of hydrogen-bond donors (Lipinski definition) is 2. The van der Waals surface area contributed by atoms with Gasteiger partial charge in [0.1, 0.15) is 0 Å². The second-order valence-corrected chi connectivity index (χ2v) is 8.18. The third-order valence-corrected chi connectivity index (χ3v) is 6.38. The Labute approximate surface area is 137 Å². The van der Waals surface area contributed by atoms with Crippen LogP contribution in [0.3, 0.4) is 0 Å². The summed E-state index contributed by atoms with van der Waals surface area (Å²) in [5.41, 5.74) is -1.63. The quantitative estimate of drug-likeness (QED) is 0.731. The summed E-state index contributed by atoms with van der Waals surface area (Å²) in [5, 5.41) is 18.3. The third kappa shape index (κ3) is 3.67. The number of aliphatic carboxylic acids is 2. The fourth-order valence-corrected chi connectivity index (χ4v) is 4.03. The molecule has 0 bridgehead atoms. The van der Waals surface area contributed by atoms with Gasteiger partial charge >= 0.3 is 11.9 Å². The smallest absolute Gasteiger partial charge is 0.313 e. The lowest BCUT2D eigenvalue weighted by Gasteiger charge is -2.24. The Morgan fingerprint density at radius 2 is 1.27 bits per heavy atom. The van der Waals surface area contributed by atoms with Crippen LogP contribution >= 0.6 is 21.6 Å². The zero-order valence-corrected chi connectivity index (χ0v) is 14.0. The summed E-state index contributed by atoms with van der Waals surface area (Å²) in [4.78, 5) is 24.3. The molecule has 2 aliphatic carbocycles. The van der Waals surface area contributed by atoms with Crippen LogP contribution in [0.1, 0.15) is 26.7 Å². The number of carboxylic acids is 2. The Bertz CT molecular complexity index is 564. The number of allylic oxidation sites excluding steroid dienone is 4. The van der Waals surface area contributed by atoms with Gasteiger partial charge in [-0.05, 0) is 26.7 Å². The Morgan fingerprint density at radius 3 is 1.50 bits per heavy atom. The molecular formula is C16H18O4S2. The van der Waals surface area contributed by atoms with Crippen LogP contribution in [0, 0.1) is 10.8 Å². The van der Waals surface area contributed by atoms with Crippen molar-refractivity contribution < 1.29 is 19.8 Å². The molecule has 0 saturated heterocycles. The van der Waals surface area contributed by atoms with E-state index in [9.17, 15) is 9.59 Å². The fraction of sp³-hybridized carbons (Fsp3) is 0.375. The van der Waals surface area contributed by atoms with E-state index in [1.165, 1.54) is 0 Å². The Hall–Kier alpha value is -1.40. The maximum atomic E-state index is 11.1. The van der Waals surface area contributed by atoms with Gasteiger partial charge in [-0.2, -0.15) is 0 Å². The molecule has 6 heteroatoms. The summed E-state index contributed by atoms with van der Waals surface area (Å²) in [7, 11) is 3.11. The highest BCUT2D eigenvalue weighted by atomic mass is 33.1. The van der Waals surface area contributed by atoms with Crippen molar-refractivity contribution in [1.29, 1.82) is 0 Å². The zero-order valence-electron chi connectivity index (χ0n) is 12.4. The first-order valence-corrected chi connectivity index (χ1v) is 9.00. The SMILES string of the molecule is C[C@]1(C(=O)O)C=CC(SSC2=CC[C@@](C)(C(=O)O)C=C2)=CC1. The first kappa shape index (κ1) is 17.0. The molecule has 0 aliphatic heterocycles. The van der Waals surface area contributed by atoms with E-state index in [0.717, 1.165) is 9.81 Å². The molecule has 0 spiro atoms. The molecule has 118 valence electrons. The van der Waals surface area contributed by atoms with E-state index < -0.39 is 22.8 Å². The average molecular weight is 338 g/mol. The summed E-state index contributed by atoms with van der Waals surface area (Å²) in [6, 6.07) is 0. The van der Waals surface area contributed by atoms with Crippen molar-refractivity contribution in [3.05, 3.63) is 46.3 Å². The van der Waals surface area contributed by atoms with Gasteiger partial charge in [0.25, 0.3) is 0 Å². The minimum Gasteiger partial charge on any atom is -0.481 e. The third-order valence-electron chi connectivity index (χ3n) is 3.90. The molecule has 0 unspecified atom stereocenters. The van der Waals surface area contributed by atoms with Crippen LogP contribution in [-0.2, 0) is 9.59 Å². The van der Waals surface area contributed by atoms with Gasteiger partial charge < -0.3 is 10.2 Å². The van der Waals surface area contributed by atoms with Crippen molar-refractivity contribution in [2.75, 3.05) is 0 Å². The van der Waals surface area contributed by atoms with Crippen molar-refractivity contribution in [2.24, 2.45) is 10.8 Å². The monoisotopic (exact) mass is 338 g/mol. The van der Waals surface area contributed by atoms with Crippen LogP contribution < -0.4 is 0 Å². The molecule has 0 heterocycles. The van der Waals surface area contributed by atoms with Gasteiger partial charge in [0.2, 0.25) is 0 Å². The van der Waals surface area contributed by atoms with E-state index >= 15 is 0 Å². The lowest BCUT2D eigenvalue weighted by molar-refractivity contribution is -0.145. The first-order valence-electron chi connectivity index (χ1n) is 6.85. The van der Waals surface area contributed by atoms with E-state index in [1.807, 2.05) is 24.3 Å². The van der Waals surface area contributed by atoms with Crippen molar-refractivity contribution >= 4 is 33.5 Å². The molecule has 2 aliphatic rings. The molecular weight excluding hydrogens is 320 g/mol. The molecule has 0 radical (unpaired) electrons. The average Bonchev–Trinajstić information content (AvgIpc) is 2.48. The minimum absolute atomic E-state index is 0.480. The fourth-order valence-electron chi connectivity index (χ4n) is 1.97. The maximum absolute atomic E-state index is 11.1. The van der Waals surface area contributed by atoms with E-state index in [0.29, 0.717) is 12.8 Å². The Balaban J connectivity index is 1.89. The summed E-state index contributed by atoms with van der Waals surface area (Å²) in [6.45, 7) is 3.41. The standard InChI is InChI=1S/C16H18O4S2/c1-15(13(17)18)7-3-11(4-8-15)21-22-12-5-9-16(2,10-6-12)14(19)20/h3-7,9H,8,10H2,1-2H3,(H,17,18)(H,19,20)/t15-,16-/m0/s1. The molecule has 0 amide bonds. The van der Waals surface area contributed by atoms with Gasteiger partial charge in [-0.25, -0.2) is 0 Å². The Kier molecular flexibility index (Phi) is 4.92. The highest BCUT2D eigenvalue weighted by molar-refractivity contribution is 8.79. The van der Waals surface area contributed by atoms with Gasteiger partial charge in [-0.1, -0.05) is 58.0 Å². The van der Waals surface area contributed by atoms with E-state index in [2.05, 4.69) is 0 Å².